The SMILES string of the molecule is CCOC(=O)C(/C=C/C(C)(C)C)NC(=O)c1ccc(-c2cccs2)cc1. The van der Waals surface area contributed by atoms with Gasteiger partial charge in [0.1, 0.15) is 6.04 Å². The molecule has 0 saturated heterocycles. The van der Waals surface area contributed by atoms with Crippen LogP contribution in [-0.2, 0) is 9.53 Å². The maximum atomic E-state index is 12.5. The molecule has 138 valence electrons. The Bertz CT molecular complexity index is 756. The minimum atomic E-state index is -0.807. The molecule has 0 bridgehead atoms. The maximum absolute atomic E-state index is 12.5. The van der Waals surface area contributed by atoms with E-state index in [1.165, 1.54) is 0 Å². The van der Waals surface area contributed by atoms with Gasteiger partial charge in [-0.25, -0.2) is 4.79 Å². The van der Waals surface area contributed by atoms with E-state index >= 15 is 0 Å². The van der Waals surface area contributed by atoms with Gasteiger partial charge in [-0.2, -0.15) is 0 Å². The van der Waals surface area contributed by atoms with Crippen molar-refractivity contribution in [2.24, 2.45) is 5.41 Å². The van der Waals surface area contributed by atoms with Crippen molar-refractivity contribution < 1.29 is 14.3 Å². The number of thiophene rings is 1. The third-order valence-electron chi connectivity index (χ3n) is 3.57. The first kappa shape index (κ1) is 19.9. The lowest BCUT2D eigenvalue weighted by molar-refractivity contribution is -0.144. The summed E-state index contributed by atoms with van der Waals surface area (Å²) in [4.78, 5) is 25.8. The lowest BCUT2D eigenvalue weighted by Gasteiger charge is -2.17. The van der Waals surface area contributed by atoms with Gasteiger partial charge in [-0.15, -0.1) is 11.3 Å². The molecule has 0 aliphatic rings. The number of carbonyl (C=O) groups excluding carboxylic acids is 2. The van der Waals surface area contributed by atoms with Crippen LogP contribution in [0.5, 0.6) is 0 Å². The Labute approximate surface area is 158 Å². The van der Waals surface area contributed by atoms with Crippen molar-refractivity contribution in [2.45, 2.75) is 33.7 Å². The summed E-state index contributed by atoms with van der Waals surface area (Å²) in [6.45, 7) is 8.09. The van der Waals surface area contributed by atoms with Gasteiger partial charge < -0.3 is 10.1 Å². The zero-order chi connectivity index (χ0) is 19.2. The normalized spacial score (nSPS) is 12.8. The minimum absolute atomic E-state index is 0.0994. The highest BCUT2D eigenvalue weighted by Gasteiger charge is 2.21. The molecule has 1 heterocycles. The molecular weight excluding hydrogens is 346 g/mol. The van der Waals surface area contributed by atoms with Crippen LogP contribution < -0.4 is 5.32 Å². The number of benzene rings is 1. The summed E-state index contributed by atoms with van der Waals surface area (Å²) in [5.41, 5.74) is 1.47. The number of carbonyl (C=O) groups is 2. The van der Waals surface area contributed by atoms with Crippen molar-refractivity contribution in [1.29, 1.82) is 0 Å². The number of ether oxygens (including phenoxy) is 1. The van der Waals surface area contributed by atoms with E-state index in [0.29, 0.717) is 5.56 Å². The van der Waals surface area contributed by atoms with Gasteiger partial charge >= 0.3 is 5.97 Å². The zero-order valence-electron chi connectivity index (χ0n) is 15.6. The van der Waals surface area contributed by atoms with Crippen LogP contribution in [0.2, 0.25) is 0 Å². The monoisotopic (exact) mass is 371 g/mol. The van der Waals surface area contributed by atoms with Crippen LogP contribution >= 0.6 is 11.3 Å². The minimum Gasteiger partial charge on any atom is -0.464 e. The number of esters is 1. The van der Waals surface area contributed by atoms with Gasteiger partial charge in [-0.05, 0) is 41.5 Å². The summed E-state index contributed by atoms with van der Waals surface area (Å²) in [5.74, 6) is -0.768. The smallest absolute Gasteiger partial charge is 0.332 e. The van der Waals surface area contributed by atoms with Crippen molar-refractivity contribution in [3.8, 4) is 10.4 Å². The van der Waals surface area contributed by atoms with Crippen molar-refractivity contribution in [2.75, 3.05) is 6.61 Å². The Balaban J connectivity index is 2.12. The predicted molar refractivity (Wildman–Crippen MR) is 106 cm³/mol. The molecule has 0 saturated carbocycles. The van der Waals surface area contributed by atoms with E-state index in [0.717, 1.165) is 10.4 Å². The summed E-state index contributed by atoms with van der Waals surface area (Å²) in [6.07, 6.45) is 3.59. The van der Waals surface area contributed by atoms with Gasteiger partial charge in [0.15, 0.2) is 0 Å². The molecule has 1 unspecified atom stereocenters. The van der Waals surface area contributed by atoms with Crippen LogP contribution in [0.15, 0.2) is 53.9 Å². The van der Waals surface area contributed by atoms with E-state index in [1.54, 1.807) is 36.5 Å². The van der Waals surface area contributed by atoms with E-state index < -0.39 is 12.0 Å². The molecule has 0 aliphatic heterocycles. The summed E-state index contributed by atoms with van der Waals surface area (Å²) in [6, 6.07) is 10.6. The Morgan fingerprint density at radius 3 is 2.42 bits per heavy atom. The molecule has 0 fully saturated rings. The molecule has 0 aliphatic carbocycles. The van der Waals surface area contributed by atoms with Gasteiger partial charge in [0.25, 0.3) is 5.91 Å². The summed E-state index contributed by atoms with van der Waals surface area (Å²) >= 11 is 1.65. The molecule has 0 radical (unpaired) electrons. The predicted octanol–water partition coefficient (Wildman–Crippen LogP) is 4.68. The second kappa shape index (κ2) is 8.81. The lowest BCUT2D eigenvalue weighted by atomic mass is 9.95. The third-order valence-corrected chi connectivity index (χ3v) is 4.49. The second-order valence-corrected chi connectivity index (χ2v) is 7.93. The molecule has 1 aromatic carbocycles. The highest BCUT2D eigenvalue weighted by atomic mass is 32.1. The number of allylic oxidation sites excluding steroid dienone is 1. The van der Waals surface area contributed by atoms with Gasteiger partial charge in [0.2, 0.25) is 0 Å². The molecule has 1 atom stereocenters. The number of amides is 1. The van der Waals surface area contributed by atoms with Crippen LogP contribution in [0.25, 0.3) is 10.4 Å². The Hall–Kier alpha value is -2.40. The van der Waals surface area contributed by atoms with Crippen molar-refractivity contribution in [3.05, 3.63) is 59.5 Å². The highest BCUT2D eigenvalue weighted by molar-refractivity contribution is 7.13. The molecule has 2 rings (SSSR count). The molecule has 0 spiro atoms. The molecule has 1 N–H and O–H groups in total. The molecule has 2 aromatic rings. The van der Waals surface area contributed by atoms with Crippen molar-refractivity contribution in [1.82, 2.24) is 5.32 Å². The van der Waals surface area contributed by atoms with E-state index in [9.17, 15) is 9.59 Å². The van der Waals surface area contributed by atoms with Gasteiger partial charge in [0, 0.05) is 10.4 Å². The third kappa shape index (κ3) is 5.85. The van der Waals surface area contributed by atoms with Crippen LogP contribution in [0, 0.1) is 5.41 Å². The topological polar surface area (TPSA) is 55.4 Å². The molecular formula is C21H25NO3S. The number of hydrogen-bond acceptors (Lipinski definition) is 4. The van der Waals surface area contributed by atoms with Crippen molar-refractivity contribution in [3.63, 3.8) is 0 Å². The molecule has 1 aromatic heterocycles. The number of nitrogens with one attached hydrogen (secondary N) is 1. The Kier molecular flexibility index (Phi) is 6.75. The highest BCUT2D eigenvalue weighted by Crippen LogP contribution is 2.24. The lowest BCUT2D eigenvalue weighted by Crippen LogP contribution is -2.40. The molecule has 1 amide bonds. The quantitative estimate of drug-likeness (QED) is 0.592. The van der Waals surface area contributed by atoms with Gasteiger partial charge in [-0.1, -0.05) is 51.1 Å². The summed E-state index contributed by atoms with van der Waals surface area (Å²) < 4.78 is 5.07. The maximum Gasteiger partial charge on any atom is 0.332 e. The van der Waals surface area contributed by atoms with E-state index in [-0.39, 0.29) is 17.9 Å². The summed E-state index contributed by atoms with van der Waals surface area (Å²) in [5, 5.41) is 4.76. The van der Waals surface area contributed by atoms with Crippen LogP contribution in [0.1, 0.15) is 38.1 Å². The van der Waals surface area contributed by atoms with Crippen LogP contribution in [0.4, 0.5) is 0 Å². The fourth-order valence-corrected chi connectivity index (χ4v) is 2.99. The first-order chi connectivity index (χ1) is 12.3. The van der Waals surface area contributed by atoms with E-state index in [1.807, 2.05) is 56.5 Å². The number of hydrogen-bond donors (Lipinski definition) is 1. The first-order valence-electron chi connectivity index (χ1n) is 8.61. The van der Waals surface area contributed by atoms with Crippen LogP contribution in [0.3, 0.4) is 0 Å². The number of rotatable bonds is 6. The fourth-order valence-electron chi connectivity index (χ4n) is 2.26. The zero-order valence-corrected chi connectivity index (χ0v) is 16.4. The average molecular weight is 372 g/mol. The van der Waals surface area contributed by atoms with Gasteiger partial charge in [0.05, 0.1) is 6.61 Å². The Morgan fingerprint density at radius 1 is 1.19 bits per heavy atom. The molecule has 5 heteroatoms. The van der Waals surface area contributed by atoms with Gasteiger partial charge in [-0.3, -0.25) is 4.79 Å². The van der Waals surface area contributed by atoms with E-state index in [4.69, 9.17) is 4.74 Å². The first-order valence-corrected chi connectivity index (χ1v) is 9.49. The summed E-state index contributed by atoms with van der Waals surface area (Å²) in [7, 11) is 0. The molecule has 26 heavy (non-hydrogen) atoms. The average Bonchev–Trinajstić information content (AvgIpc) is 3.12. The largest absolute Gasteiger partial charge is 0.464 e. The van der Waals surface area contributed by atoms with Crippen LogP contribution in [-0.4, -0.2) is 24.5 Å². The van der Waals surface area contributed by atoms with Crippen molar-refractivity contribution >= 4 is 23.2 Å². The van der Waals surface area contributed by atoms with E-state index in [2.05, 4.69) is 5.32 Å². The standard InChI is InChI=1S/C21H25NO3S/c1-5-25-20(24)17(12-13-21(2,3)4)22-19(23)16-10-8-15(9-11-16)18-7-6-14-26-18/h6-14,17H,5H2,1-4H3,(H,22,23)/b13-12+. The Morgan fingerprint density at radius 2 is 1.88 bits per heavy atom. The molecule has 4 nitrogen and oxygen atoms in total. The fraction of sp³-hybridized carbons (Fsp3) is 0.333. The second-order valence-electron chi connectivity index (χ2n) is 6.98.